The van der Waals surface area contributed by atoms with E-state index >= 15 is 0 Å². The molecule has 1 aliphatic carbocycles. The second-order valence-corrected chi connectivity index (χ2v) is 5.15. The molecule has 0 saturated heterocycles. The molecule has 0 aromatic heterocycles. The van der Waals surface area contributed by atoms with Gasteiger partial charge >= 0.3 is 0 Å². The monoisotopic (exact) mass is 250 g/mol. The summed E-state index contributed by atoms with van der Waals surface area (Å²) in [6.07, 6.45) is 5.02. The molecule has 2 atom stereocenters. The van der Waals surface area contributed by atoms with Gasteiger partial charge in [0.1, 0.15) is 0 Å². The first-order valence-electron chi connectivity index (χ1n) is 6.67. The largest absolute Gasteiger partial charge is 0.493 e. The first-order chi connectivity index (χ1) is 8.72. The van der Waals surface area contributed by atoms with Crippen LogP contribution in [-0.2, 0) is 6.61 Å². The van der Waals surface area contributed by atoms with Gasteiger partial charge in [-0.05, 0) is 42.9 Å². The topological polar surface area (TPSA) is 38.7 Å². The van der Waals surface area contributed by atoms with E-state index in [0.29, 0.717) is 0 Å². The number of rotatable bonds is 4. The van der Waals surface area contributed by atoms with E-state index in [1.165, 1.54) is 12.8 Å². The Morgan fingerprint density at radius 2 is 2.11 bits per heavy atom. The van der Waals surface area contributed by atoms with E-state index in [2.05, 4.69) is 6.92 Å². The van der Waals surface area contributed by atoms with Crippen molar-refractivity contribution >= 4 is 0 Å². The highest BCUT2D eigenvalue weighted by Crippen LogP contribution is 2.33. The molecule has 0 radical (unpaired) electrons. The van der Waals surface area contributed by atoms with E-state index in [0.717, 1.165) is 35.8 Å². The van der Waals surface area contributed by atoms with Crippen LogP contribution in [0.3, 0.4) is 0 Å². The molecule has 3 heteroatoms. The minimum atomic E-state index is 0.0292. The number of hydrogen-bond acceptors (Lipinski definition) is 3. The first kappa shape index (κ1) is 13.2. The van der Waals surface area contributed by atoms with Gasteiger partial charge in [0.05, 0.1) is 19.8 Å². The Labute approximate surface area is 109 Å². The van der Waals surface area contributed by atoms with Gasteiger partial charge in [-0.3, -0.25) is 0 Å². The van der Waals surface area contributed by atoms with Gasteiger partial charge in [-0.2, -0.15) is 0 Å². The standard InChI is InChI=1S/C15H22O3/c1-11-4-3-5-13(8-11)18-15-9-12(10-16)6-7-14(15)17-2/h6-7,9,11,13,16H,3-5,8,10H2,1-2H3. The lowest BCUT2D eigenvalue weighted by Crippen LogP contribution is -2.24. The molecule has 18 heavy (non-hydrogen) atoms. The third-order valence-corrected chi connectivity index (χ3v) is 3.59. The molecule has 0 aliphatic heterocycles. The molecule has 1 aliphatic rings. The first-order valence-corrected chi connectivity index (χ1v) is 6.67. The van der Waals surface area contributed by atoms with Gasteiger partial charge in [-0.1, -0.05) is 19.4 Å². The van der Waals surface area contributed by atoms with Crippen LogP contribution < -0.4 is 9.47 Å². The van der Waals surface area contributed by atoms with Crippen molar-refractivity contribution < 1.29 is 14.6 Å². The Morgan fingerprint density at radius 1 is 1.28 bits per heavy atom. The zero-order chi connectivity index (χ0) is 13.0. The van der Waals surface area contributed by atoms with Crippen LogP contribution in [0, 0.1) is 5.92 Å². The zero-order valence-electron chi connectivity index (χ0n) is 11.2. The van der Waals surface area contributed by atoms with Gasteiger partial charge in [-0.25, -0.2) is 0 Å². The predicted molar refractivity (Wildman–Crippen MR) is 71.0 cm³/mol. The number of benzene rings is 1. The van der Waals surface area contributed by atoms with E-state index in [9.17, 15) is 5.11 Å². The van der Waals surface area contributed by atoms with Crippen LogP contribution in [0.2, 0.25) is 0 Å². The molecular formula is C15H22O3. The summed E-state index contributed by atoms with van der Waals surface area (Å²) in [6.45, 7) is 2.30. The number of hydrogen-bond donors (Lipinski definition) is 1. The van der Waals surface area contributed by atoms with Crippen LogP contribution in [-0.4, -0.2) is 18.3 Å². The number of methoxy groups -OCH3 is 1. The summed E-state index contributed by atoms with van der Waals surface area (Å²) in [4.78, 5) is 0. The Hall–Kier alpha value is -1.22. The van der Waals surface area contributed by atoms with Crippen molar-refractivity contribution in [2.24, 2.45) is 5.92 Å². The van der Waals surface area contributed by atoms with Crippen LogP contribution in [0.15, 0.2) is 18.2 Å². The van der Waals surface area contributed by atoms with Gasteiger partial charge in [-0.15, -0.1) is 0 Å². The van der Waals surface area contributed by atoms with Gasteiger partial charge < -0.3 is 14.6 Å². The minimum absolute atomic E-state index is 0.0292. The molecule has 2 rings (SSSR count). The molecule has 2 unspecified atom stereocenters. The fraction of sp³-hybridized carbons (Fsp3) is 0.600. The lowest BCUT2D eigenvalue weighted by molar-refractivity contribution is 0.125. The highest BCUT2D eigenvalue weighted by Gasteiger charge is 2.21. The molecular weight excluding hydrogens is 228 g/mol. The minimum Gasteiger partial charge on any atom is -0.493 e. The van der Waals surface area contributed by atoms with Crippen molar-refractivity contribution in [2.45, 2.75) is 45.3 Å². The quantitative estimate of drug-likeness (QED) is 0.892. The lowest BCUT2D eigenvalue weighted by Gasteiger charge is -2.28. The maximum absolute atomic E-state index is 9.18. The molecule has 0 amide bonds. The highest BCUT2D eigenvalue weighted by atomic mass is 16.5. The predicted octanol–water partition coefficient (Wildman–Crippen LogP) is 3.15. The van der Waals surface area contributed by atoms with Crippen LogP contribution in [0.25, 0.3) is 0 Å². The second-order valence-electron chi connectivity index (χ2n) is 5.15. The van der Waals surface area contributed by atoms with Crippen molar-refractivity contribution in [3.63, 3.8) is 0 Å². The van der Waals surface area contributed by atoms with Crippen LogP contribution in [0.1, 0.15) is 38.2 Å². The molecule has 1 saturated carbocycles. The molecule has 0 bridgehead atoms. The van der Waals surface area contributed by atoms with Crippen molar-refractivity contribution in [3.8, 4) is 11.5 Å². The van der Waals surface area contributed by atoms with Crippen molar-refractivity contribution in [1.29, 1.82) is 0 Å². The average molecular weight is 250 g/mol. The molecule has 3 nitrogen and oxygen atoms in total. The Morgan fingerprint density at radius 3 is 2.78 bits per heavy atom. The van der Waals surface area contributed by atoms with Gasteiger partial charge in [0.25, 0.3) is 0 Å². The molecule has 1 N–H and O–H groups in total. The molecule has 1 fully saturated rings. The summed E-state index contributed by atoms with van der Waals surface area (Å²) in [5, 5.41) is 9.18. The van der Waals surface area contributed by atoms with E-state index in [1.807, 2.05) is 18.2 Å². The fourth-order valence-electron chi connectivity index (χ4n) is 2.58. The van der Waals surface area contributed by atoms with E-state index in [1.54, 1.807) is 7.11 Å². The maximum Gasteiger partial charge on any atom is 0.161 e. The summed E-state index contributed by atoms with van der Waals surface area (Å²) in [5.74, 6) is 2.23. The Kier molecular flexibility index (Phi) is 4.48. The summed E-state index contributed by atoms with van der Waals surface area (Å²) < 4.78 is 11.4. The number of ether oxygens (including phenoxy) is 2. The van der Waals surface area contributed by atoms with Gasteiger partial charge in [0, 0.05) is 0 Å². The van der Waals surface area contributed by atoms with Crippen molar-refractivity contribution in [3.05, 3.63) is 23.8 Å². The fourth-order valence-corrected chi connectivity index (χ4v) is 2.58. The molecule has 0 heterocycles. The van der Waals surface area contributed by atoms with Gasteiger partial charge in [0.15, 0.2) is 11.5 Å². The smallest absolute Gasteiger partial charge is 0.161 e. The zero-order valence-corrected chi connectivity index (χ0v) is 11.2. The SMILES string of the molecule is COc1ccc(CO)cc1OC1CCCC(C)C1. The summed E-state index contributed by atoms with van der Waals surface area (Å²) >= 11 is 0. The van der Waals surface area contributed by atoms with E-state index < -0.39 is 0 Å². The molecule has 1 aromatic rings. The normalized spacial score (nSPS) is 23.7. The van der Waals surface area contributed by atoms with E-state index in [-0.39, 0.29) is 12.7 Å². The molecule has 100 valence electrons. The van der Waals surface area contributed by atoms with E-state index in [4.69, 9.17) is 9.47 Å². The summed E-state index contributed by atoms with van der Waals surface area (Å²) in [5.41, 5.74) is 0.856. The second kappa shape index (κ2) is 6.10. The van der Waals surface area contributed by atoms with Crippen LogP contribution >= 0.6 is 0 Å². The van der Waals surface area contributed by atoms with Gasteiger partial charge in [0.2, 0.25) is 0 Å². The van der Waals surface area contributed by atoms with Crippen molar-refractivity contribution in [2.75, 3.05) is 7.11 Å². The number of aliphatic hydroxyl groups is 1. The van der Waals surface area contributed by atoms with Crippen molar-refractivity contribution in [1.82, 2.24) is 0 Å². The maximum atomic E-state index is 9.18. The molecule has 1 aromatic carbocycles. The van der Waals surface area contributed by atoms with Crippen LogP contribution in [0.4, 0.5) is 0 Å². The third-order valence-electron chi connectivity index (χ3n) is 3.59. The molecule has 0 spiro atoms. The summed E-state index contributed by atoms with van der Waals surface area (Å²) in [7, 11) is 1.64. The Balaban J connectivity index is 2.11. The third kappa shape index (κ3) is 3.16. The average Bonchev–Trinajstić information content (AvgIpc) is 2.38. The van der Waals surface area contributed by atoms with Crippen LogP contribution in [0.5, 0.6) is 11.5 Å². The Bertz CT molecular complexity index is 389. The summed E-state index contributed by atoms with van der Waals surface area (Å²) in [6, 6.07) is 5.58. The number of aliphatic hydroxyl groups excluding tert-OH is 1. The highest BCUT2D eigenvalue weighted by molar-refractivity contribution is 5.42. The lowest BCUT2D eigenvalue weighted by atomic mass is 9.89.